The SMILES string of the molecule is CS(=O)(=O)C1CCCC(C(N)CC2CCCCO2)C1. The average molecular weight is 289 g/mol. The van der Waals surface area contributed by atoms with Crippen LogP contribution in [0.3, 0.4) is 0 Å². The van der Waals surface area contributed by atoms with Gasteiger partial charge in [0.2, 0.25) is 0 Å². The molecule has 0 amide bonds. The fourth-order valence-electron chi connectivity index (χ4n) is 3.45. The first-order chi connectivity index (χ1) is 8.97. The summed E-state index contributed by atoms with van der Waals surface area (Å²) in [5.74, 6) is 0.346. The summed E-state index contributed by atoms with van der Waals surface area (Å²) in [4.78, 5) is 0. The van der Waals surface area contributed by atoms with Crippen molar-refractivity contribution in [3.8, 4) is 0 Å². The van der Waals surface area contributed by atoms with Crippen molar-refractivity contribution in [2.45, 2.75) is 68.8 Å². The quantitative estimate of drug-likeness (QED) is 0.858. The Kier molecular flexibility index (Phi) is 5.26. The van der Waals surface area contributed by atoms with Crippen molar-refractivity contribution < 1.29 is 13.2 Å². The zero-order chi connectivity index (χ0) is 13.9. The highest BCUT2D eigenvalue weighted by atomic mass is 32.2. The zero-order valence-electron chi connectivity index (χ0n) is 11.9. The largest absolute Gasteiger partial charge is 0.378 e. The lowest BCUT2D eigenvalue weighted by Gasteiger charge is -2.34. The second kappa shape index (κ2) is 6.55. The topological polar surface area (TPSA) is 69.4 Å². The summed E-state index contributed by atoms with van der Waals surface area (Å²) >= 11 is 0. The highest BCUT2D eigenvalue weighted by Crippen LogP contribution is 2.32. The molecule has 1 aliphatic carbocycles. The first kappa shape index (κ1) is 15.3. The summed E-state index contributed by atoms with van der Waals surface area (Å²) in [6, 6.07) is 0.0904. The van der Waals surface area contributed by atoms with Crippen LogP contribution in [0.2, 0.25) is 0 Å². The second-order valence-electron chi connectivity index (χ2n) is 6.27. The Hall–Kier alpha value is -0.130. The molecule has 1 aliphatic heterocycles. The standard InChI is InChI=1S/C14H27NO3S/c1-19(16,17)13-7-4-5-11(9-13)14(15)10-12-6-2-3-8-18-12/h11-14H,2-10,15H2,1H3. The Labute approximate surface area is 117 Å². The van der Waals surface area contributed by atoms with Crippen LogP contribution < -0.4 is 5.73 Å². The van der Waals surface area contributed by atoms with Crippen LogP contribution in [0.4, 0.5) is 0 Å². The van der Waals surface area contributed by atoms with Crippen LogP contribution in [0.25, 0.3) is 0 Å². The van der Waals surface area contributed by atoms with E-state index in [9.17, 15) is 8.42 Å². The molecular weight excluding hydrogens is 262 g/mol. The molecule has 19 heavy (non-hydrogen) atoms. The predicted molar refractivity (Wildman–Crippen MR) is 76.8 cm³/mol. The van der Waals surface area contributed by atoms with Crippen LogP contribution in [0, 0.1) is 5.92 Å². The first-order valence-corrected chi connectivity index (χ1v) is 9.48. The minimum atomic E-state index is -2.91. The maximum absolute atomic E-state index is 11.7. The molecule has 0 bridgehead atoms. The molecule has 2 fully saturated rings. The Balaban J connectivity index is 1.86. The van der Waals surface area contributed by atoms with Crippen LogP contribution in [-0.4, -0.2) is 38.7 Å². The third-order valence-electron chi connectivity index (χ3n) is 4.69. The molecule has 5 heteroatoms. The van der Waals surface area contributed by atoms with Crippen LogP contribution in [0.15, 0.2) is 0 Å². The maximum atomic E-state index is 11.7. The van der Waals surface area contributed by atoms with Gasteiger partial charge in [0.05, 0.1) is 11.4 Å². The normalized spacial score (nSPS) is 34.9. The molecule has 112 valence electrons. The van der Waals surface area contributed by atoms with E-state index in [4.69, 9.17) is 10.5 Å². The van der Waals surface area contributed by atoms with Crippen LogP contribution in [-0.2, 0) is 14.6 Å². The number of rotatable bonds is 4. The number of hydrogen-bond donors (Lipinski definition) is 1. The van der Waals surface area contributed by atoms with Crippen molar-refractivity contribution in [1.82, 2.24) is 0 Å². The van der Waals surface area contributed by atoms with Gasteiger partial charge in [0.15, 0.2) is 0 Å². The second-order valence-corrected chi connectivity index (χ2v) is 8.59. The van der Waals surface area contributed by atoms with E-state index < -0.39 is 9.84 Å². The predicted octanol–water partition coefficient (Wildman–Crippen LogP) is 1.88. The van der Waals surface area contributed by atoms with Gasteiger partial charge in [-0.2, -0.15) is 0 Å². The molecule has 4 unspecified atom stereocenters. The third kappa shape index (κ3) is 4.43. The van der Waals surface area contributed by atoms with Crippen LogP contribution >= 0.6 is 0 Å². The number of nitrogens with two attached hydrogens (primary N) is 1. The summed E-state index contributed by atoms with van der Waals surface area (Å²) in [6.45, 7) is 0.855. The van der Waals surface area contributed by atoms with Gasteiger partial charge in [-0.1, -0.05) is 6.42 Å². The Morgan fingerprint density at radius 2 is 2.00 bits per heavy atom. The average Bonchev–Trinajstić information content (AvgIpc) is 2.39. The Morgan fingerprint density at radius 3 is 2.63 bits per heavy atom. The van der Waals surface area contributed by atoms with Crippen molar-refractivity contribution in [3.05, 3.63) is 0 Å². The van der Waals surface area contributed by atoms with Gasteiger partial charge in [-0.3, -0.25) is 0 Å². The molecular formula is C14H27NO3S. The molecule has 0 aromatic heterocycles. The lowest BCUT2D eigenvalue weighted by Crippen LogP contribution is -2.40. The minimum absolute atomic E-state index is 0.0904. The van der Waals surface area contributed by atoms with E-state index in [0.29, 0.717) is 12.0 Å². The van der Waals surface area contributed by atoms with E-state index in [1.807, 2.05) is 0 Å². The molecule has 1 saturated heterocycles. The maximum Gasteiger partial charge on any atom is 0.150 e. The fourth-order valence-corrected chi connectivity index (χ4v) is 4.64. The summed E-state index contributed by atoms with van der Waals surface area (Å²) < 4.78 is 29.1. The van der Waals surface area contributed by atoms with Gasteiger partial charge in [0.25, 0.3) is 0 Å². The molecule has 0 spiro atoms. The van der Waals surface area contributed by atoms with Crippen molar-refractivity contribution in [2.24, 2.45) is 11.7 Å². The van der Waals surface area contributed by atoms with E-state index in [1.54, 1.807) is 0 Å². The van der Waals surface area contributed by atoms with E-state index in [1.165, 1.54) is 12.7 Å². The molecule has 1 heterocycles. The van der Waals surface area contributed by atoms with E-state index in [2.05, 4.69) is 0 Å². The number of hydrogen-bond acceptors (Lipinski definition) is 4. The highest BCUT2D eigenvalue weighted by molar-refractivity contribution is 7.91. The van der Waals surface area contributed by atoms with Crippen LogP contribution in [0.5, 0.6) is 0 Å². The monoisotopic (exact) mass is 289 g/mol. The molecule has 1 saturated carbocycles. The lowest BCUT2D eigenvalue weighted by molar-refractivity contribution is 0.00288. The summed E-state index contributed by atoms with van der Waals surface area (Å²) in [5.41, 5.74) is 6.31. The Morgan fingerprint density at radius 1 is 1.21 bits per heavy atom. The van der Waals surface area contributed by atoms with Gasteiger partial charge in [-0.05, 0) is 50.9 Å². The van der Waals surface area contributed by atoms with Gasteiger partial charge < -0.3 is 10.5 Å². The molecule has 4 atom stereocenters. The highest BCUT2D eigenvalue weighted by Gasteiger charge is 2.32. The van der Waals surface area contributed by atoms with Crippen molar-refractivity contribution in [3.63, 3.8) is 0 Å². The third-order valence-corrected chi connectivity index (χ3v) is 6.33. The molecule has 0 aromatic carbocycles. The number of sulfone groups is 1. The summed E-state index contributed by atoms with van der Waals surface area (Å²) in [6.07, 6.45) is 9.64. The van der Waals surface area contributed by atoms with E-state index in [0.717, 1.165) is 51.6 Å². The Bertz CT molecular complexity index is 376. The summed E-state index contributed by atoms with van der Waals surface area (Å²) in [7, 11) is -2.91. The van der Waals surface area contributed by atoms with Gasteiger partial charge in [0.1, 0.15) is 9.84 Å². The molecule has 2 N–H and O–H groups in total. The summed E-state index contributed by atoms with van der Waals surface area (Å²) in [5, 5.41) is -0.176. The van der Waals surface area contributed by atoms with Gasteiger partial charge in [-0.15, -0.1) is 0 Å². The molecule has 2 aliphatic rings. The molecule has 2 rings (SSSR count). The fraction of sp³-hybridized carbons (Fsp3) is 1.00. The lowest BCUT2D eigenvalue weighted by atomic mass is 9.81. The van der Waals surface area contributed by atoms with Crippen LogP contribution in [0.1, 0.15) is 51.4 Å². The minimum Gasteiger partial charge on any atom is -0.378 e. The van der Waals surface area contributed by atoms with E-state index in [-0.39, 0.29) is 11.3 Å². The first-order valence-electron chi connectivity index (χ1n) is 7.53. The van der Waals surface area contributed by atoms with Gasteiger partial charge in [0, 0.05) is 18.9 Å². The van der Waals surface area contributed by atoms with Gasteiger partial charge in [-0.25, -0.2) is 8.42 Å². The zero-order valence-corrected chi connectivity index (χ0v) is 12.7. The van der Waals surface area contributed by atoms with Gasteiger partial charge >= 0.3 is 0 Å². The molecule has 0 aromatic rings. The van der Waals surface area contributed by atoms with Crippen molar-refractivity contribution in [2.75, 3.05) is 12.9 Å². The van der Waals surface area contributed by atoms with Crippen molar-refractivity contribution in [1.29, 1.82) is 0 Å². The van der Waals surface area contributed by atoms with E-state index >= 15 is 0 Å². The smallest absolute Gasteiger partial charge is 0.150 e. The van der Waals surface area contributed by atoms with Crippen molar-refractivity contribution >= 4 is 9.84 Å². The number of ether oxygens (including phenoxy) is 1. The molecule has 0 radical (unpaired) electrons. The molecule has 4 nitrogen and oxygen atoms in total.